The molecule has 0 fully saturated rings. The summed E-state index contributed by atoms with van der Waals surface area (Å²) in [6, 6.07) is 166. The molecule has 125 heavy (non-hydrogen) atoms. The van der Waals surface area contributed by atoms with Gasteiger partial charge in [-0.1, -0.05) is 380 Å². The van der Waals surface area contributed by atoms with Gasteiger partial charge in [0.2, 0.25) is 0 Å². The van der Waals surface area contributed by atoms with Crippen LogP contribution in [0.5, 0.6) is 0 Å². The Balaban J connectivity index is 0.000000138. The third-order valence-corrected chi connectivity index (χ3v) is 28.7. The number of aromatic nitrogens is 1. The predicted molar refractivity (Wildman–Crippen MR) is 521 cm³/mol. The molecule has 2 spiro atoms. The van der Waals surface area contributed by atoms with E-state index in [1.165, 1.54) is 194 Å². The monoisotopic (exact) mass is 1590 g/mol. The van der Waals surface area contributed by atoms with Crippen molar-refractivity contribution in [1.82, 2.24) is 4.57 Å². The number of rotatable bonds is 10. The SMILES string of the molecule is CC1(C)c2ccccc2-c2ccc(N(c3ccc(-c4ccc(-n5c6ccccc6c6ccccc65)cc4)cc3)c3cccc4c3C3(c5ccccc5-c5ccccc53)c3ccccc3-4)cc21.CC1(C)c2ccccc2-c2ccc(N(c3ccc4c(c3)C3(c5ccccc5-c5ccc(-c6ccccc6)cc53)c3ccccc3-4)c3ccccc3-c3ccccc3)cc21. The summed E-state index contributed by atoms with van der Waals surface area (Å²) in [4.78, 5) is 5.06. The Hall–Kier alpha value is -15.4. The Kier molecular flexibility index (Phi) is 16.0. The molecule has 19 aromatic carbocycles. The van der Waals surface area contributed by atoms with E-state index >= 15 is 0 Å². The van der Waals surface area contributed by atoms with E-state index in [-0.39, 0.29) is 10.8 Å². The fourth-order valence-corrected chi connectivity index (χ4v) is 23.2. The molecule has 0 radical (unpaired) electrons. The van der Waals surface area contributed by atoms with Crippen LogP contribution < -0.4 is 9.80 Å². The second-order valence-electron chi connectivity index (χ2n) is 35.6. The minimum atomic E-state index is -0.502. The number of hydrogen-bond acceptors (Lipinski definition) is 2. The van der Waals surface area contributed by atoms with Crippen molar-refractivity contribution in [2.24, 2.45) is 0 Å². The zero-order valence-electron chi connectivity index (χ0n) is 70.0. The molecule has 20 aromatic rings. The lowest BCUT2D eigenvalue weighted by Gasteiger charge is -2.36. The zero-order valence-corrected chi connectivity index (χ0v) is 70.0. The normalized spacial score (nSPS) is 14.9. The summed E-state index contributed by atoms with van der Waals surface area (Å²) in [6.45, 7) is 9.51. The van der Waals surface area contributed by atoms with E-state index in [1.807, 2.05) is 0 Å². The van der Waals surface area contributed by atoms with Crippen molar-refractivity contribution < 1.29 is 0 Å². The maximum atomic E-state index is 2.55. The maximum Gasteiger partial charge on any atom is 0.0746 e. The Morgan fingerprint density at radius 2 is 0.488 bits per heavy atom. The molecule has 6 aliphatic carbocycles. The minimum Gasteiger partial charge on any atom is -0.310 e. The van der Waals surface area contributed by atoms with Gasteiger partial charge in [0.1, 0.15) is 0 Å². The highest BCUT2D eigenvalue weighted by Gasteiger charge is 2.55. The van der Waals surface area contributed by atoms with E-state index in [9.17, 15) is 0 Å². The molecule has 1 aromatic heterocycles. The van der Waals surface area contributed by atoms with Gasteiger partial charge in [-0.3, -0.25) is 0 Å². The first-order chi connectivity index (χ1) is 61.5. The van der Waals surface area contributed by atoms with Gasteiger partial charge in [-0.25, -0.2) is 0 Å². The first kappa shape index (κ1) is 72.4. The van der Waals surface area contributed by atoms with Crippen LogP contribution in [0.1, 0.15) is 94.5 Å². The van der Waals surface area contributed by atoms with Crippen LogP contribution in [0.2, 0.25) is 0 Å². The average Bonchev–Trinajstić information content (AvgIpc) is 1.50. The summed E-state index contributed by atoms with van der Waals surface area (Å²) in [7, 11) is 0. The molecule has 26 rings (SSSR count). The summed E-state index contributed by atoms with van der Waals surface area (Å²) in [5.74, 6) is 0. The zero-order chi connectivity index (χ0) is 83.0. The van der Waals surface area contributed by atoms with Gasteiger partial charge in [0.05, 0.1) is 33.2 Å². The molecule has 1 unspecified atom stereocenters. The topological polar surface area (TPSA) is 11.4 Å². The van der Waals surface area contributed by atoms with Gasteiger partial charge >= 0.3 is 0 Å². The Morgan fingerprint density at radius 3 is 0.976 bits per heavy atom. The van der Waals surface area contributed by atoms with Crippen molar-refractivity contribution in [3.05, 3.63) is 510 Å². The number of nitrogens with zero attached hydrogens (tertiary/aromatic N) is 3. The van der Waals surface area contributed by atoms with Gasteiger partial charge < -0.3 is 14.4 Å². The number of hydrogen-bond donors (Lipinski definition) is 0. The van der Waals surface area contributed by atoms with Crippen molar-refractivity contribution in [1.29, 1.82) is 0 Å². The van der Waals surface area contributed by atoms with Crippen molar-refractivity contribution in [2.75, 3.05) is 9.80 Å². The van der Waals surface area contributed by atoms with Crippen molar-refractivity contribution in [3.8, 4) is 106 Å². The molecule has 3 heteroatoms. The summed E-state index contributed by atoms with van der Waals surface area (Å²) >= 11 is 0. The molecule has 6 aliphatic rings. The molecule has 0 N–H and O–H groups in total. The third-order valence-electron chi connectivity index (χ3n) is 28.7. The van der Waals surface area contributed by atoms with E-state index in [0.29, 0.717) is 0 Å². The van der Waals surface area contributed by atoms with Crippen LogP contribution in [-0.4, -0.2) is 4.57 Å². The van der Waals surface area contributed by atoms with Crippen LogP contribution in [-0.2, 0) is 21.7 Å². The van der Waals surface area contributed by atoms with Crippen LogP contribution in [0, 0.1) is 0 Å². The second kappa shape index (κ2) is 27.5. The number of anilines is 6. The fourth-order valence-electron chi connectivity index (χ4n) is 23.2. The van der Waals surface area contributed by atoms with Gasteiger partial charge in [0.25, 0.3) is 0 Å². The van der Waals surface area contributed by atoms with E-state index in [0.717, 1.165) is 34.1 Å². The van der Waals surface area contributed by atoms with Crippen LogP contribution in [0.25, 0.3) is 128 Å². The molecule has 0 amide bonds. The van der Waals surface area contributed by atoms with Gasteiger partial charge in [-0.15, -0.1) is 0 Å². The molecule has 1 atom stereocenters. The van der Waals surface area contributed by atoms with Crippen LogP contribution in [0.4, 0.5) is 34.1 Å². The Bertz CT molecular complexity index is 7720. The predicted octanol–water partition coefficient (Wildman–Crippen LogP) is 31.7. The van der Waals surface area contributed by atoms with E-state index in [4.69, 9.17) is 0 Å². The molecule has 588 valence electrons. The van der Waals surface area contributed by atoms with Gasteiger partial charge in [-0.05, 0) is 247 Å². The lowest BCUT2D eigenvalue weighted by molar-refractivity contribution is 0.660. The molecule has 0 bridgehead atoms. The van der Waals surface area contributed by atoms with Crippen LogP contribution in [0.3, 0.4) is 0 Å². The van der Waals surface area contributed by atoms with Crippen LogP contribution >= 0.6 is 0 Å². The highest BCUT2D eigenvalue weighted by Crippen LogP contribution is 2.68. The largest absolute Gasteiger partial charge is 0.310 e. The molecular weight excluding hydrogens is 1510 g/mol. The minimum absolute atomic E-state index is 0.135. The van der Waals surface area contributed by atoms with Gasteiger partial charge in [0.15, 0.2) is 0 Å². The number of fused-ring (bicyclic) bond motifs is 29. The molecule has 0 aliphatic heterocycles. The van der Waals surface area contributed by atoms with E-state index in [2.05, 4.69) is 485 Å². The van der Waals surface area contributed by atoms with Crippen LogP contribution in [0.15, 0.2) is 443 Å². The van der Waals surface area contributed by atoms with Gasteiger partial charge in [0, 0.05) is 61.2 Å². The molecule has 0 saturated heterocycles. The van der Waals surface area contributed by atoms with E-state index in [1.54, 1.807) is 0 Å². The quantitative estimate of drug-likeness (QED) is 0.135. The highest BCUT2D eigenvalue weighted by molar-refractivity contribution is 6.10. The van der Waals surface area contributed by atoms with Crippen molar-refractivity contribution >= 4 is 55.9 Å². The smallest absolute Gasteiger partial charge is 0.0746 e. The van der Waals surface area contributed by atoms with E-state index < -0.39 is 10.8 Å². The Labute approximate surface area is 730 Å². The first-order valence-electron chi connectivity index (χ1n) is 43.9. The lowest BCUT2D eigenvalue weighted by atomic mass is 9.70. The summed E-state index contributed by atoms with van der Waals surface area (Å²) in [6.07, 6.45) is 0. The Morgan fingerprint density at radius 1 is 0.184 bits per heavy atom. The highest BCUT2D eigenvalue weighted by atomic mass is 15.2. The van der Waals surface area contributed by atoms with Gasteiger partial charge in [-0.2, -0.15) is 0 Å². The lowest BCUT2D eigenvalue weighted by Crippen LogP contribution is -2.28. The summed E-state index contributed by atoms with van der Waals surface area (Å²) < 4.78 is 2.39. The van der Waals surface area contributed by atoms with Crippen molar-refractivity contribution in [3.63, 3.8) is 0 Å². The molecular formula is C122H85N3. The third kappa shape index (κ3) is 10.4. The first-order valence-corrected chi connectivity index (χ1v) is 43.9. The second-order valence-corrected chi connectivity index (χ2v) is 35.6. The summed E-state index contributed by atoms with van der Waals surface area (Å²) in [5.41, 5.74) is 48.3. The molecule has 1 heterocycles. The number of benzene rings is 19. The molecule has 3 nitrogen and oxygen atoms in total. The standard InChI is InChI=1S/C64H44N2.C58H41N/c1-63(2)54-23-9-3-16-46(54)50-39-38-45(40-58(50)63)65(43-34-30-41(31-35-43)42-32-36-44(37-33-42)66-59-27-13-7-20-51(59)52-21-8-14-28-60(52)66)61-29-15-22-53-49-19-6-12-26-57(49)64(62(53)61)55-24-10-4-17-47(55)48-18-5-11-25-56(48)64;1-57(2)50-25-13-9-22-44(50)47-33-30-41(36-53(47)57)59(56-28-16-12-21-43(56)39-19-7-4-8-20-39)42-31-34-49-46-24-11-15-27-52(46)58(55(49)37-42)51-26-14-10-23-45(51)48-32-29-40(35-54(48)58)38-17-5-3-6-18-38/h3-40H,1-2H3;3-37H,1-2H3. The molecule has 0 saturated carbocycles. The maximum absolute atomic E-state index is 2.55. The average molecular weight is 1590 g/mol. The fraction of sp³-hybridized carbons (Fsp3) is 0.0656. The van der Waals surface area contributed by atoms with Crippen molar-refractivity contribution in [2.45, 2.75) is 49.4 Å². The number of para-hydroxylation sites is 3. The summed E-state index contributed by atoms with van der Waals surface area (Å²) in [5, 5.41) is 2.54.